The number of benzene rings is 5. The molecule has 0 amide bonds. The smallest absolute Gasteiger partial charge is 0.0894 e. The van der Waals surface area contributed by atoms with Crippen LogP contribution in [0.5, 0.6) is 0 Å². The molecule has 0 spiro atoms. The van der Waals surface area contributed by atoms with Gasteiger partial charge in [0, 0.05) is 33.7 Å². The Hall–Kier alpha value is -4.02. The standard InChI is InChI=1S/C44H38O2Si/c1-47(2)43(29-21-11-5-12-22-29)35(27-17-7-3-8-18-27)36(28-19-9-4-10-20-28)44(47,30-23-13-6-14-24-30)38-37(43)41-33-34(42(38)46-41)40-32-26-16-15-25-31(32)39(33)45-40/h3-26,33-34,37-42H,1-2H3/t33-,34+,37+,38-,39+,40-,41-,42+,43-,44+. The summed E-state index contributed by atoms with van der Waals surface area (Å²) < 4.78 is 14.6. The fourth-order valence-corrected chi connectivity index (χ4v) is 19.4. The molecule has 11 rings (SSSR count). The van der Waals surface area contributed by atoms with Gasteiger partial charge in [0.25, 0.3) is 0 Å². The number of ether oxygens (including phenoxy) is 2. The van der Waals surface area contributed by atoms with Crippen LogP contribution in [0, 0.1) is 23.7 Å². The molecule has 0 radical (unpaired) electrons. The largest absolute Gasteiger partial charge is 0.373 e. The summed E-state index contributed by atoms with van der Waals surface area (Å²) in [5, 5.41) is -0.319. The van der Waals surface area contributed by atoms with E-state index in [4.69, 9.17) is 9.47 Å². The highest BCUT2D eigenvalue weighted by atomic mass is 28.3. The minimum atomic E-state index is -2.40. The summed E-state index contributed by atoms with van der Waals surface area (Å²) >= 11 is 0. The number of fused-ring (bicyclic) bond motifs is 19. The molecule has 10 atom stereocenters. The molecule has 5 aromatic carbocycles. The molecule has 0 N–H and O–H groups in total. The number of hydrogen-bond acceptors (Lipinski definition) is 2. The second-order valence-corrected chi connectivity index (χ2v) is 20.2. The van der Waals surface area contributed by atoms with E-state index in [2.05, 4.69) is 159 Å². The van der Waals surface area contributed by atoms with Gasteiger partial charge < -0.3 is 9.47 Å². The Morgan fingerprint density at radius 1 is 0.447 bits per heavy atom. The second-order valence-electron chi connectivity index (χ2n) is 15.3. The van der Waals surface area contributed by atoms with E-state index < -0.39 is 8.07 Å². The van der Waals surface area contributed by atoms with E-state index in [0.29, 0.717) is 23.7 Å². The Morgan fingerprint density at radius 2 is 0.809 bits per heavy atom. The lowest BCUT2D eigenvalue weighted by molar-refractivity contribution is -0.0222. The third-order valence-corrected chi connectivity index (χ3v) is 19.5. The first kappa shape index (κ1) is 27.0. The number of allylic oxidation sites excluding steroid dienone is 2. The molecular formula is C44H38O2Si. The summed E-state index contributed by atoms with van der Waals surface area (Å²) in [5.74, 6) is 1.48. The molecule has 0 aliphatic carbocycles. The van der Waals surface area contributed by atoms with Crippen molar-refractivity contribution in [2.24, 2.45) is 23.7 Å². The summed E-state index contributed by atoms with van der Waals surface area (Å²) in [4.78, 5) is 0. The third kappa shape index (κ3) is 2.87. The van der Waals surface area contributed by atoms with E-state index >= 15 is 0 Å². The topological polar surface area (TPSA) is 18.5 Å². The van der Waals surface area contributed by atoms with Gasteiger partial charge in [-0.2, -0.15) is 0 Å². The van der Waals surface area contributed by atoms with Crippen LogP contribution in [0.4, 0.5) is 0 Å². The fourth-order valence-electron chi connectivity index (χ4n) is 12.8. The molecule has 6 heterocycles. The molecule has 0 unspecified atom stereocenters. The van der Waals surface area contributed by atoms with E-state index in [-0.39, 0.29) is 34.5 Å². The van der Waals surface area contributed by atoms with Crippen LogP contribution in [-0.4, -0.2) is 20.3 Å². The number of hydrogen-bond donors (Lipinski definition) is 0. The zero-order chi connectivity index (χ0) is 31.1. The molecule has 4 fully saturated rings. The molecule has 6 aliphatic rings. The van der Waals surface area contributed by atoms with Crippen molar-refractivity contribution in [2.75, 3.05) is 0 Å². The van der Waals surface area contributed by atoms with Crippen molar-refractivity contribution in [3.63, 3.8) is 0 Å². The van der Waals surface area contributed by atoms with Gasteiger partial charge in [-0.15, -0.1) is 0 Å². The highest BCUT2D eigenvalue weighted by molar-refractivity contribution is 6.90. The molecule has 5 aromatic rings. The van der Waals surface area contributed by atoms with Crippen molar-refractivity contribution in [3.8, 4) is 0 Å². The molecule has 230 valence electrons. The van der Waals surface area contributed by atoms with Gasteiger partial charge in [0.1, 0.15) is 0 Å². The van der Waals surface area contributed by atoms with Gasteiger partial charge in [-0.3, -0.25) is 0 Å². The summed E-state index contributed by atoms with van der Waals surface area (Å²) in [5.41, 5.74) is 11.6. The molecule has 47 heavy (non-hydrogen) atoms. The van der Waals surface area contributed by atoms with Crippen LogP contribution < -0.4 is 0 Å². The first-order valence-electron chi connectivity index (χ1n) is 17.5. The van der Waals surface area contributed by atoms with E-state index in [1.807, 2.05) is 0 Å². The van der Waals surface area contributed by atoms with E-state index in [9.17, 15) is 0 Å². The normalized spacial score (nSPS) is 37.7. The minimum Gasteiger partial charge on any atom is -0.373 e. The van der Waals surface area contributed by atoms with Gasteiger partial charge >= 0.3 is 0 Å². The monoisotopic (exact) mass is 626 g/mol. The molecule has 4 saturated heterocycles. The predicted octanol–water partition coefficient (Wildman–Crippen LogP) is 9.36. The van der Waals surface area contributed by atoms with Gasteiger partial charge in [-0.1, -0.05) is 159 Å². The van der Waals surface area contributed by atoms with Crippen LogP contribution in [-0.2, 0) is 19.6 Å². The molecule has 3 heteroatoms. The highest BCUT2D eigenvalue weighted by Crippen LogP contribution is 2.84. The lowest BCUT2D eigenvalue weighted by atomic mass is 9.50. The van der Waals surface area contributed by atoms with Gasteiger partial charge in [-0.25, -0.2) is 0 Å². The van der Waals surface area contributed by atoms with Crippen molar-refractivity contribution in [2.45, 2.75) is 47.6 Å². The summed E-state index contributed by atoms with van der Waals surface area (Å²) in [6.45, 7) is 5.50. The maximum atomic E-state index is 7.57. The third-order valence-electron chi connectivity index (χ3n) is 13.8. The summed E-state index contributed by atoms with van der Waals surface area (Å²) in [6, 6.07) is 55.2. The van der Waals surface area contributed by atoms with Crippen LogP contribution in [0.25, 0.3) is 11.1 Å². The van der Waals surface area contributed by atoms with E-state index in [0.717, 1.165) is 0 Å². The lowest BCUT2D eigenvalue weighted by Crippen LogP contribution is -2.58. The minimum absolute atomic E-state index is 0.124. The van der Waals surface area contributed by atoms with Crippen LogP contribution in [0.1, 0.15) is 45.6 Å². The predicted molar refractivity (Wildman–Crippen MR) is 189 cm³/mol. The molecule has 0 aromatic heterocycles. The Kier molecular flexibility index (Phi) is 5.23. The van der Waals surface area contributed by atoms with Gasteiger partial charge in [0.15, 0.2) is 0 Å². The van der Waals surface area contributed by atoms with Crippen molar-refractivity contribution in [1.29, 1.82) is 0 Å². The Balaban J connectivity index is 1.29. The first-order chi connectivity index (χ1) is 23.1. The van der Waals surface area contributed by atoms with E-state index in [1.165, 1.54) is 33.4 Å². The van der Waals surface area contributed by atoms with E-state index in [1.54, 1.807) is 11.1 Å². The van der Waals surface area contributed by atoms with Crippen molar-refractivity contribution in [1.82, 2.24) is 0 Å². The van der Waals surface area contributed by atoms with Crippen LogP contribution in [0.2, 0.25) is 13.1 Å². The van der Waals surface area contributed by atoms with Gasteiger partial charge in [0.05, 0.1) is 32.5 Å². The molecular weight excluding hydrogens is 589 g/mol. The Morgan fingerprint density at radius 3 is 1.21 bits per heavy atom. The van der Waals surface area contributed by atoms with Crippen molar-refractivity contribution in [3.05, 3.63) is 179 Å². The molecule has 2 nitrogen and oxygen atoms in total. The molecule has 6 bridgehead atoms. The van der Waals surface area contributed by atoms with Crippen molar-refractivity contribution < 1.29 is 9.47 Å². The summed E-state index contributed by atoms with van der Waals surface area (Å²) in [7, 11) is -2.40. The quantitative estimate of drug-likeness (QED) is 0.185. The lowest BCUT2D eigenvalue weighted by Gasteiger charge is -2.50. The second kappa shape index (κ2) is 9.11. The van der Waals surface area contributed by atoms with Crippen LogP contribution >= 0.6 is 0 Å². The summed E-state index contributed by atoms with van der Waals surface area (Å²) in [6.07, 6.45) is 0.539. The fraction of sp³-hybridized carbons (Fsp3) is 0.273. The first-order valence-corrected chi connectivity index (χ1v) is 20.5. The van der Waals surface area contributed by atoms with Crippen LogP contribution in [0.3, 0.4) is 0 Å². The average Bonchev–Trinajstić information content (AvgIpc) is 3.95. The maximum absolute atomic E-state index is 7.57. The zero-order valence-electron chi connectivity index (χ0n) is 26.8. The zero-order valence-corrected chi connectivity index (χ0v) is 27.8. The maximum Gasteiger partial charge on any atom is 0.0894 e. The SMILES string of the molecule is C[Si]1(C)[C@]2(c3ccccc3)C(c3ccccc3)=C(c3ccccc3)[C@@]1(c1ccccc1)[C@H]1[C@H]3O[C@H]([C@@H]4[C@H]3[C@@H]3O[C@H]4c4ccccc43)[C@H]12. The highest BCUT2D eigenvalue weighted by Gasteiger charge is 2.88. The Bertz CT molecular complexity index is 1930. The van der Waals surface area contributed by atoms with Gasteiger partial charge in [0.2, 0.25) is 0 Å². The van der Waals surface area contributed by atoms with Gasteiger partial charge in [-0.05, 0) is 44.5 Å². The number of rotatable bonds is 4. The average molecular weight is 627 g/mol. The molecule has 6 aliphatic heterocycles. The van der Waals surface area contributed by atoms with Crippen LogP contribution in [0.15, 0.2) is 146 Å². The molecule has 0 saturated carbocycles. The van der Waals surface area contributed by atoms with Crippen molar-refractivity contribution >= 4 is 19.2 Å². The Labute approximate surface area is 278 Å².